The van der Waals surface area contributed by atoms with Crippen molar-refractivity contribution in [3.8, 4) is 11.6 Å². The van der Waals surface area contributed by atoms with E-state index in [1.165, 1.54) is 6.20 Å². The van der Waals surface area contributed by atoms with Gasteiger partial charge in [-0.2, -0.15) is 0 Å². The van der Waals surface area contributed by atoms with Gasteiger partial charge in [0.15, 0.2) is 0 Å². The third kappa shape index (κ3) is 3.34. The molecule has 6 heteroatoms. The summed E-state index contributed by atoms with van der Waals surface area (Å²) >= 11 is 0. The van der Waals surface area contributed by atoms with Crippen LogP contribution in [0, 0.1) is 0 Å². The number of amides is 1. The van der Waals surface area contributed by atoms with Crippen LogP contribution in [0.25, 0.3) is 10.9 Å². The molecule has 2 aromatic carbocycles. The van der Waals surface area contributed by atoms with Crippen LogP contribution in [0.1, 0.15) is 10.4 Å². The summed E-state index contributed by atoms with van der Waals surface area (Å²) in [5.41, 5.74) is 2.01. The second-order valence-electron chi connectivity index (χ2n) is 5.50. The Labute approximate surface area is 149 Å². The Kier molecular flexibility index (Phi) is 4.22. The van der Waals surface area contributed by atoms with Crippen LogP contribution >= 0.6 is 0 Å². The SMILES string of the molecule is O=C(Nc1cccc2ncccc12)c1cccc(Oc2cnccn2)c1. The third-order valence-electron chi connectivity index (χ3n) is 3.75. The first-order valence-electron chi connectivity index (χ1n) is 7.99. The van der Waals surface area contributed by atoms with E-state index in [1.54, 1.807) is 42.9 Å². The number of aromatic nitrogens is 3. The van der Waals surface area contributed by atoms with Gasteiger partial charge in [-0.25, -0.2) is 4.98 Å². The molecule has 0 spiro atoms. The number of nitrogens with zero attached hydrogens (tertiary/aromatic N) is 3. The average molecular weight is 342 g/mol. The summed E-state index contributed by atoms with van der Waals surface area (Å²) in [7, 11) is 0. The van der Waals surface area contributed by atoms with Crippen molar-refractivity contribution < 1.29 is 9.53 Å². The zero-order chi connectivity index (χ0) is 17.8. The number of fused-ring (bicyclic) bond motifs is 1. The lowest BCUT2D eigenvalue weighted by atomic mass is 10.1. The molecule has 0 radical (unpaired) electrons. The van der Waals surface area contributed by atoms with Gasteiger partial charge < -0.3 is 10.1 Å². The molecule has 0 fully saturated rings. The number of carbonyl (C=O) groups is 1. The van der Waals surface area contributed by atoms with Crippen molar-refractivity contribution in [1.29, 1.82) is 0 Å². The first-order valence-corrected chi connectivity index (χ1v) is 7.99. The molecule has 26 heavy (non-hydrogen) atoms. The molecule has 0 aliphatic rings. The third-order valence-corrected chi connectivity index (χ3v) is 3.75. The molecule has 1 N–H and O–H groups in total. The minimum absolute atomic E-state index is 0.231. The van der Waals surface area contributed by atoms with Gasteiger partial charge in [-0.05, 0) is 42.5 Å². The molecule has 0 atom stereocenters. The van der Waals surface area contributed by atoms with Crippen LogP contribution in [-0.2, 0) is 0 Å². The summed E-state index contributed by atoms with van der Waals surface area (Å²) < 4.78 is 5.63. The van der Waals surface area contributed by atoms with Crippen molar-refractivity contribution in [1.82, 2.24) is 15.0 Å². The van der Waals surface area contributed by atoms with Crippen LogP contribution in [0.4, 0.5) is 5.69 Å². The van der Waals surface area contributed by atoms with Crippen LogP contribution in [-0.4, -0.2) is 20.9 Å². The number of pyridine rings is 1. The van der Waals surface area contributed by atoms with Crippen molar-refractivity contribution in [2.45, 2.75) is 0 Å². The summed E-state index contributed by atoms with van der Waals surface area (Å²) in [6.07, 6.45) is 6.34. The fourth-order valence-corrected chi connectivity index (χ4v) is 2.57. The average Bonchev–Trinajstić information content (AvgIpc) is 2.69. The van der Waals surface area contributed by atoms with Gasteiger partial charge in [0.2, 0.25) is 5.88 Å². The highest BCUT2D eigenvalue weighted by Gasteiger charge is 2.10. The molecule has 0 aliphatic heterocycles. The van der Waals surface area contributed by atoms with Crippen LogP contribution < -0.4 is 10.1 Å². The lowest BCUT2D eigenvalue weighted by molar-refractivity contribution is 0.102. The van der Waals surface area contributed by atoms with E-state index in [9.17, 15) is 4.79 Å². The first-order chi connectivity index (χ1) is 12.8. The predicted octanol–water partition coefficient (Wildman–Crippen LogP) is 4.07. The summed E-state index contributed by atoms with van der Waals surface area (Å²) in [5.74, 6) is 0.647. The van der Waals surface area contributed by atoms with Gasteiger partial charge in [0.25, 0.3) is 5.91 Å². The normalized spacial score (nSPS) is 10.5. The van der Waals surface area contributed by atoms with Gasteiger partial charge in [0, 0.05) is 29.5 Å². The monoisotopic (exact) mass is 342 g/mol. The number of benzene rings is 2. The van der Waals surface area contributed by atoms with Crippen LogP contribution in [0.3, 0.4) is 0 Å². The molecule has 2 aromatic heterocycles. The highest BCUT2D eigenvalue weighted by atomic mass is 16.5. The Balaban J connectivity index is 1.57. The van der Waals surface area contributed by atoms with E-state index in [2.05, 4.69) is 20.3 Å². The molecule has 0 aliphatic carbocycles. The highest BCUT2D eigenvalue weighted by molar-refractivity contribution is 6.08. The maximum atomic E-state index is 12.6. The Morgan fingerprint density at radius 1 is 0.923 bits per heavy atom. The van der Waals surface area contributed by atoms with Gasteiger partial charge in [0.1, 0.15) is 5.75 Å². The number of hydrogen-bond acceptors (Lipinski definition) is 5. The van der Waals surface area contributed by atoms with Gasteiger partial charge >= 0.3 is 0 Å². The number of ether oxygens (including phenoxy) is 1. The van der Waals surface area contributed by atoms with E-state index in [0.717, 1.165) is 10.9 Å². The molecule has 126 valence electrons. The Hall–Kier alpha value is -3.80. The summed E-state index contributed by atoms with van der Waals surface area (Å²) in [6.45, 7) is 0. The van der Waals surface area contributed by atoms with Crippen molar-refractivity contribution in [3.05, 3.63) is 84.9 Å². The largest absolute Gasteiger partial charge is 0.437 e. The van der Waals surface area contributed by atoms with Crippen molar-refractivity contribution in [2.75, 3.05) is 5.32 Å². The second-order valence-corrected chi connectivity index (χ2v) is 5.50. The maximum absolute atomic E-state index is 12.6. The Morgan fingerprint density at radius 2 is 1.85 bits per heavy atom. The summed E-state index contributed by atoms with van der Waals surface area (Å²) in [4.78, 5) is 25.0. The lowest BCUT2D eigenvalue weighted by Crippen LogP contribution is -2.12. The molecular weight excluding hydrogens is 328 g/mol. The van der Waals surface area contributed by atoms with Gasteiger partial charge in [0.05, 0.1) is 17.4 Å². The van der Waals surface area contributed by atoms with Crippen molar-refractivity contribution in [3.63, 3.8) is 0 Å². The van der Waals surface area contributed by atoms with Crippen LogP contribution in [0.2, 0.25) is 0 Å². The van der Waals surface area contributed by atoms with Crippen LogP contribution in [0.5, 0.6) is 11.6 Å². The van der Waals surface area contributed by atoms with Gasteiger partial charge in [-0.15, -0.1) is 0 Å². The minimum atomic E-state index is -0.231. The number of nitrogens with one attached hydrogen (secondary N) is 1. The predicted molar refractivity (Wildman–Crippen MR) is 98.2 cm³/mol. The molecule has 4 aromatic rings. The molecule has 2 heterocycles. The van der Waals surface area contributed by atoms with E-state index in [-0.39, 0.29) is 5.91 Å². The standard InChI is InChI=1S/C20H14N4O2/c25-20(24-18-8-2-7-17-16(18)6-3-9-22-17)14-4-1-5-15(12-14)26-19-13-21-10-11-23-19/h1-13H,(H,24,25). The smallest absolute Gasteiger partial charge is 0.255 e. The number of hydrogen-bond donors (Lipinski definition) is 1. The highest BCUT2D eigenvalue weighted by Crippen LogP contribution is 2.23. The molecule has 0 saturated carbocycles. The summed E-state index contributed by atoms with van der Waals surface area (Å²) in [6, 6.07) is 16.3. The Bertz CT molecular complexity index is 1060. The summed E-state index contributed by atoms with van der Waals surface area (Å²) in [5, 5.41) is 3.81. The van der Waals surface area contributed by atoms with Crippen molar-refractivity contribution >= 4 is 22.5 Å². The van der Waals surface area contributed by atoms with E-state index in [0.29, 0.717) is 22.9 Å². The molecule has 1 amide bonds. The van der Waals surface area contributed by atoms with Crippen molar-refractivity contribution in [2.24, 2.45) is 0 Å². The minimum Gasteiger partial charge on any atom is -0.437 e. The molecular formula is C20H14N4O2. The van der Waals surface area contributed by atoms with E-state index >= 15 is 0 Å². The molecule has 0 bridgehead atoms. The zero-order valence-electron chi connectivity index (χ0n) is 13.7. The van der Waals surface area contributed by atoms with Gasteiger partial charge in [-0.3, -0.25) is 14.8 Å². The van der Waals surface area contributed by atoms with Crippen LogP contribution in [0.15, 0.2) is 79.4 Å². The second kappa shape index (κ2) is 6.98. The van der Waals surface area contributed by atoms with E-state index in [4.69, 9.17) is 4.74 Å². The maximum Gasteiger partial charge on any atom is 0.255 e. The molecule has 0 unspecified atom stereocenters. The number of anilines is 1. The lowest BCUT2D eigenvalue weighted by Gasteiger charge is -2.09. The topological polar surface area (TPSA) is 77.0 Å². The molecule has 0 saturated heterocycles. The Morgan fingerprint density at radius 3 is 2.73 bits per heavy atom. The fourth-order valence-electron chi connectivity index (χ4n) is 2.57. The fraction of sp³-hybridized carbons (Fsp3) is 0. The van der Waals surface area contributed by atoms with Gasteiger partial charge in [-0.1, -0.05) is 12.1 Å². The quantitative estimate of drug-likeness (QED) is 0.605. The zero-order valence-corrected chi connectivity index (χ0v) is 13.7. The molecule has 6 nitrogen and oxygen atoms in total. The number of carbonyl (C=O) groups excluding carboxylic acids is 1. The number of rotatable bonds is 4. The van der Waals surface area contributed by atoms with E-state index < -0.39 is 0 Å². The molecule has 4 rings (SSSR count). The van der Waals surface area contributed by atoms with E-state index in [1.807, 2.05) is 30.3 Å². The first kappa shape index (κ1) is 15.7.